The molecule has 0 amide bonds. The lowest BCUT2D eigenvalue weighted by Crippen LogP contribution is -2.14. The third-order valence-corrected chi connectivity index (χ3v) is 5.66. The van der Waals surface area contributed by atoms with E-state index in [0.717, 1.165) is 41.5 Å². The lowest BCUT2D eigenvalue weighted by atomic mass is 9.97. The molecule has 2 heterocycles. The van der Waals surface area contributed by atoms with Crippen LogP contribution < -0.4 is 5.32 Å². The number of H-pyrrole nitrogens is 2. The van der Waals surface area contributed by atoms with E-state index in [0.29, 0.717) is 28.5 Å². The SMILES string of the molecule is CNCCc1c[nH]c2c(-c3ccc4[nH]c(O)c(CCN(C)C)c4c3O)ccc(O)c12. The van der Waals surface area contributed by atoms with Gasteiger partial charge in [0, 0.05) is 40.2 Å². The maximum absolute atomic E-state index is 11.2. The number of rotatable bonds is 7. The summed E-state index contributed by atoms with van der Waals surface area (Å²) in [4.78, 5) is 8.28. The Kier molecular flexibility index (Phi) is 5.32. The van der Waals surface area contributed by atoms with Crippen molar-refractivity contribution in [2.75, 3.05) is 34.2 Å². The van der Waals surface area contributed by atoms with Gasteiger partial charge in [-0.2, -0.15) is 0 Å². The molecule has 0 saturated carbocycles. The number of phenols is 2. The van der Waals surface area contributed by atoms with Gasteiger partial charge in [0.1, 0.15) is 11.5 Å². The number of hydrogen-bond donors (Lipinski definition) is 6. The highest BCUT2D eigenvalue weighted by atomic mass is 16.3. The minimum atomic E-state index is 0.0874. The number of aromatic hydroxyl groups is 3. The molecule has 7 nitrogen and oxygen atoms in total. The highest BCUT2D eigenvalue weighted by Crippen LogP contribution is 2.44. The Hall–Kier alpha value is -3.16. The Balaban J connectivity index is 1.88. The summed E-state index contributed by atoms with van der Waals surface area (Å²) in [5, 5.41) is 36.6. The minimum Gasteiger partial charge on any atom is -0.507 e. The number of benzene rings is 2. The second-order valence-corrected chi connectivity index (χ2v) is 7.94. The van der Waals surface area contributed by atoms with Crippen molar-refractivity contribution in [2.45, 2.75) is 12.8 Å². The largest absolute Gasteiger partial charge is 0.507 e. The third kappa shape index (κ3) is 3.36. The average molecular weight is 409 g/mol. The number of fused-ring (bicyclic) bond motifs is 2. The summed E-state index contributed by atoms with van der Waals surface area (Å²) in [5.41, 5.74) is 4.65. The first-order chi connectivity index (χ1) is 14.4. The van der Waals surface area contributed by atoms with Crippen LogP contribution >= 0.6 is 0 Å². The predicted octanol–water partition coefficient (Wildman–Crippen LogP) is 3.30. The smallest absolute Gasteiger partial charge is 0.192 e. The van der Waals surface area contributed by atoms with Crippen LogP contribution in [-0.2, 0) is 12.8 Å². The van der Waals surface area contributed by atoms with Crippen LogP contribution in [0.2, 0.25) is 0 Å². The fourth-order valence-corrected chi connectivity index (χ4v) is 4.10. The molecule has 7 heteroatoms. The van der Waals surface area contributed by atoms with Gasteiger partial charge in [-0.05, 0) is 70.4 Å². The molecular weight excluding hydrogens is 380 g/mol. The number of likely N-dealkylation sites (N-methyl/N-ethyl adjacent to an activating group) is 2. The maximum Gasteiger partial charge on any atom is 0.192 e. The molecule has 0 aliphatic heterocycles. The molecule has 0 aliphatic rings. The van der Waals surface area contributed by atoms with Crippen molar-refractivity contribution in [3.63, 3.8) is 0 Å². The number of aromatic nitrogens is 2. The first-order valence-corrected chi connectivity index (χ1v) is 10.1. The first kappa shape index (κ1) is 20.1. The second-order valence-electron chi connectivity index (χ2n) is 7.94. The van der Waals surface area contributed by atoms with Gasteiger partial charge in [0.05, 0.1) is 11.0 Å². The first-order valence-electron chi connectivity index (χ1n) is 10.1. The number of aromatic amines is 2. The van der Waals surface area contributed by atoms with Gasteiger partial charge in [-0.3, -0.25) is 0 Å². The molecular formula is C23H28N4O3. The second kappa shape index (κ2) is 7.93. The molecule has 4 rings (SSSR count). The van der Waals surface area contributed by atoms with Crippen molar-refractivity contribution in [2.24, 2.45) is 0 Å². The van der Waals surface area contributed by atoms with Gasteiger partial charge in [-0.15, -0.1) is 0 Å². The van der Waals surface area contributed by atoms with Crippen LogP contribution in [0.4, 0.5) is 0 Å². The molecule has 0 aliphatic carbocycles. The van der Waals surface area contributed by atoms with Gasteiger partial charge in [-0.25, -0.2) is 0 Å². The van der Waals surface area contributed by atoms with Crippen molar-refractivity contribution < 1.29 is 15.3 Å². The van der Waals surface area contributed by atoms with Gasteiger partial charge >= 0.3 is 0 Å². The monoisotopic (exact) mass is 408 g/mol. The van der Waals surface area contributed by atoms with Crippen LogP contribution in [0.15, 0.2) is 30.5 Å². The van der Waals surface area contributed by atoms with Crippen LogP contribution in [-0.4, -0.2) is 64.4 Å². The van der Waals surface area contributed by atoms with E-state index in [9.17, 15) is 15.3 Å². The highest BCUT2D eigenvalue weighted by Gasteiger charge is 2.20. The van der Waals surface area contributed by atoms with Crippen molar-refractivity contribution in [1.29, 1.82) is 0 Å². The molecule has 0 unspecified atom stereocenters. The molecule has 158 valence electrons. The highest BCUT2D eigenvalue weighted by molar-refractivity contribution is 6.04. The standard InChI is InChI=1S/C23H28N4O3/c1-24-10-8-13-12-25-21-14(5-7-18(28)19(13)21)15-4-6-17-20(22(15)29)16(23(30)26-17)9-11-27(2)3/h4-7,12,24-26,28-30H,8-11H2,1-3H3. The quantitative estimate of drug-likeness (QED) is 0.281. The molecule has 6 N–H and O–H groups in total. The molecule has 0 fully saturated rings. The van der Waals surface area contributed by atoms with Crippen LogP contribution in [0.1, 0.15) is 11.1 Å². The summed E-state index contributed by atoms with van der Waals surface area (Å²) >= 11 is 0. The summed E-state index contributed by atoms with van der Waals surface area (Å²) in [6.07, 6.45) is 3.29. The predicted molar refractivity (Wildman–Crippen MR) is 120 cm³/mol. The summed E-state index contributed by atoms with van der Waals surface area (Å²) in [6, 6.07) is 7.18. The summed E-state index contributed by atoms with van der Waals surface area (Å²) in [6.45, 7) is 1.55. The van der Waals surface area contributed by atoms with E-state index < -0.39 is 0 Å². The summed E-state index contributed by atoms with van der Waals surface area (Å²) in [7, 11) is 5.84. The Morgan fingerprint density at radius 1 is 0.967 bits per heavy atom. The van der Waals surface area contributed by atoms with E-state index in [4.69, 9.17) is 0 Å². The molecule has 2 aromatic heterocycles. The number of nitrogens with zero attached hydrogens (tertiary/aromatic N) is 1. The molecule has 30 heavy (non-hydrogen) atoms. The number of hydrogen-bond acceptors (Lipinski definition) is 5. The van der Waals surface area contributed by atoms with Crippen molar-refractivity contribution in [3.8, 4) is 28.5 Å². The molecule has 0 bridgehead atoms. The minimum absolute atomic E-state index is 0.0874. The van der Waals surface area contributed by atoms with Crippen molar-refractivity contribution in [1.82, 2.24) is 20.2 Å². The summed E-state index contributed by atoms with van der Waals surface area (Å²) in [5.74, 6) is 0.424. The fraction of sp³-hybridized carbons (Fsp3) is 0.304. The lowest BCUT2D eigenvalue weighted by molar-refractivity contribution is 0.404. The van der Waals surface area contributed by atoms with Crippen LogP contribution in [0.3, 0.4) is 0 Å². The van der Waals surface area contributed by atoms with Gasteiger partial charge in [0.15, 0.2) is 5.88 Å². The van der Waals surface area contributed by atoms with Crippen molar-refractivity contribution >= 4 is 21.8 Å². The van der Waals surface area contributed by atoms with E-state index in [1.807, 2.05) is 50.4 Å². The van der Waals surface area contributed by atoms with E-state index in [1.54, 1.807) is 6.07 Å². The normalized spacial score (nSPS) is 11.9. The molecule has 0 atom stereocenters. The third-order valence-electron chi connectivity index (χ3n) is 5.66. The zero-order chi connectivity index (χ0) is 21.4. The Bertz CT molecular complexity index is 1210. The Morgan fingerprint density at radius 3 is 2.47 bits per heavy atom. The van der Waals surface area contributed by atoms with Crippen LogP contribution in [0.25, 0.3) is 32.9 Å². The zero-order valence-electron chi connectivity index (χ0n) is 17.5. The number of nitrogens with one attached hydrogen (secondary N) is 3. The molecule has 0 radical (unpaired) electrons. The van der Waals surface area contributed by atoms with Crippen molar-refractivity contribution in [3.05, 3.63) is 41.6 Å². The Labute approximate surface area is 175 Å². The van der Waals surface area contributed by atoms with Crippen LogP contribution in [0.5, 0.6) is 17.4 Å². The van der Waals surface area contributed by atoms with E-state index in [-0.39, 0.29) is 17.4 Å². The number of phenolic OH excluding ortho intramolecular Hbond substituents is 2. The molecule has 4 aromatic rings. The maximum atomic E-state index is 11.2. The van der Waals surface area contributed by atoms with E-state index in [1.165, 1.54) is 0 Å². The van der Waals surface area contributed by atoms with E-state index in [2.05, 4.69) is 15.3 Å². The molecule has 0 saturated heterocycles. The summed E-state index contributed by atoms with van der Waals surface area (Å²) < 4.78 is 0. The van der Waals surface area contributed by atoms with Gasteiger partial charge in [-0.1, -0.05) is 0 Å². The molecule has 2 aromatic carbocycles. The average Bonchev–Trinajstić information content (AvgIpc) is 3.27. The molecule has 0 spiro atoms. The van der Waals surface area contributed by atoms with E-state index >= 15 is 0 Å². The fourth-order valence-electron chi connectivity index (χ4n) is 4.10. The van der Waals surface area contributed by atoms with Gasteiger partial charge < -0.3 is 35.5 Å². The van der Waals surface area contributed by atoms with Gasteiger partial charge in [0.25, 0.3) is 0 Å². The van der Waals surface area contributed by atoms with Gasteiger partial charge in [0.2, 0.25) is 0 Å². The Morgan fingerprint density at radius 2 is 1.73 bits per heavy atom. The zero-order valence-corrected chi connectivity index (χ0v) is 17.5. The van der Waals surface area contributed by atoms with Crippen LogP contribution in [0, 0.1) is 0 Å². The topological polar surface area (TPSA) is 108 Å². The lowest BCUT2D eigenvalue weighted by Gasteiger charge is -2.12.